The molecule has 1 unspecified atom stereocenters. The van der Waals surface area contributed by atoms with Gasteiger partial charge in [0.25, 0.3) is 0 Å². The number of amides is 1. The van der Waals surface area contributed by atoms with Crippen molar-refractivity contribution in [2.45, 2.75) is 45.1 Å². The molecule has 0 spiro atoms. The number of furan rings is 1. The van der Waals surface area contributed by atoms with E-state index in [4.69, 9.17) is 4.42 Å². The first kappa shape index (κ1) is 18.0. The van der Waals surface area contributed by atoms with Crippen molar-refractivity contribution >= 4 is 11.6 Å². The SMILES string of the molecule is Cc1ccc(C2CC(c3ccco3)=NN2C(=O)CCN2CCCCC2)cc1. The maximum absolute atomic E-state index is 13.0. The molecule has 0 aliphatic carbocycles. The van der Waals surface area contributed by atoms with E-state index in [0.29, 0.717) is 12.8 Å². The highest BCUT2D eigenvalue weighted by Crippen LogP contribution is 2.33. The Morgan fingerprint density at radius 1 is 1.15 bits per heavy atom. The van der Waals surface area contributed by atoms with E-state index >= 15 is 0 Å². The molecule has 1 aromatic carbocycles. The van der Waals surface area contributed by atoms with Crippen LogP contribution in [0.1, 0.15) is 55.0 Å². The number of nitrogens with zero attached hydrogens (tertiary/aromatic N) is 3. The van der Waals surface area contributed by atoms with Gasteiger partial charge in [-0.2, -0.15) is 5.10 Å². The van der Waals surface area contributed by atoms with E-state index in [1.54, 1.807) is 11.3 Å². The van der Waals surface area contributed by atoms with Crippen molar-refractivity contribution < 1.29 is 9.21 Å². The minimum atomic E-state index is -0.0560. The summed E-state index contributed by atoms with van der Waals surface area (Å²) < 4.78 is 5.53. The Kier molecular flexibility index (Phi) is 5.39. The minimum Gasteiger partial charge on any atom is -0.463 e. The lowest BCUT2D eigenvalue weighted by molar-refractivity contribution is -0.133. The number of carbonyl (C=O) groups is 1. The maximum Gasteiger partial charge on any atom is 0.244 e. The van der Waals surface area contributed by atoms with Gasteiger partial charge in [0.05, 0.1) is 12.3 Å². The zero-order valence-corrected chi connectivity index (χ0v) is 15.9. The van der Waals surface area contributed by atoms with E-state index in [0.717, 1.165) is 36.7 Å². The quantitative estimate of drug-likeness (QED) is 0.800. The fraction of sp³-hybridized carbons (Fsp3) is 0.455. The molecule has 27 heavy (non-hydrogen) atoms. The molecule has 0 bridgehead atoms. The molecule has 2 aromatic rings. The third-order valence-electron chi connectivity index (χ3n) is 5.52. The Balaban J connectivity index is 1.51. The van der Waals surface area contributed by atoms with Crippen LogP contribution in [0.4, 0.5) is 0 Å². The van der Waals surface area contributed by atoms with Crippen LogP contribution >= 0.6 is 0 Å². The van der Waals surface area contributed by atoms with Gasteiger partial charge in [-0.05, 0) is 50.6 Å². The largest absolute Gasteiger partial charge is 0.463 e. The smallest absolute Gasteiger partial charge is 0.244 e. The molecule has 3 heterocycles. The number of carbonyl (C=O) groups excluding carboxylic acids is 1. The monoisotopic (exact) mass is 365 g/mol. The highest BCUT2D eigenvalue weighted by Gasteiger charge is 2.33. The second kappa shape index (κ2) is 8.09. The highest BCUT2D eigenvalue weighted by molar-refractivity contribution is 6.01. The molecule has 142 valence electrons. The number of rotatable bonds is 5. The molecule has 1 saturated heterocycles. The number of hydrogen-bond acceptors (Lipinski definition) is 4. The van der Waals surface area contributed by atoms with Crippen molar-refractivity contribution in [2.75, 3.05) is 19.6 Å². The second-order valence-electron chi connectivity index (χ2n) is 7.55. The molecule has 1 atom stereocenters. The highest BCUT2D eigenvalue weighted by atomic mass is 16.3. The molecule has 0 radical (unpaired) electrons. The van der Waals surface area contributed by atoms with E-state index in [1.165, 1.54) is 24.8 Å². The molecule has 2 aliphatic heterocycles. The maximum atomic E-state index is 13.0. The third-order valence-corrected chi connectivity index (χ3v) is 5.52. The molecule has 0 N–H and O–H groups in total. The van der Waals surface area contributed by atoms with Crippen LogP contribution in [0.3, 0.4) is 0 Å². The average molecular weight is 365 g/mol. The van der Waals surface area contributed by atoms with Gasteiger partial charge in [0, 0.05) is 19.4 Å². The van der Waals surface area contributed by atoms with Crippen molar-refractivity contribution in [2.24, 2.45) is 5.10 Å². The van der Waals surface area contributed by atoms with Gasteiger partial charge in [-0.25, -0.2) is 5.01 Å². The fourth-order valence-corrected chi connectivity index (χ4v) is 3.93. The summed E-state index contributed by atoms with van der Waals surface area (Å²) >= 11 is 0. The van der Waals surface area contributed by atoms with Gasteiger partial charge >= 0.3 is 0 Å². The Hall–Kier alpha value is -2.40. The van der Waals surface area contributed by atoms with Crippen LogP contribution in [0.2, 0.25) is 0 Å². The summed E-state index contributed by atoms with van der Waals surface area (Å²) in [5.41, 5.74) is 3.18. The van der Waals surface area contributed by atoms with Crippen molar-refractivity contribution in [3.63, 3.8) is 0 Å². The van der Waals surface area contributed by atoms with Crippen molar-refractivity contribution in [1.82, 2.24) is 9.91 Å². The first-order valence-corrected chi connectivity index (χ1v) is 9.93. The van der Waals surface area contributed by atoms with E-state index < -0.39 is 0 Å². The predicted molar refractivity (Wildman–Crippen MR) is 106 cm³/mol. The first-order valence-electron chi connectivity index (χ1n) is 9.93. The first-order chi connectivity index (χ1) is 13.2. The number of hydrazone groups is 1. The van der Waals surface area contributed by atoms with Gasteiger partial charge in [0.15, 0.2) is 0 Å². The number of likely N-dealkylation sites (tertiary alicyclic amines) is 1. The van der Waals surface area contributed by atoms with Crippen LogP contribution < -0.4 is 0 Å². The summed E-state index contributed by atoms with van der Waals surface area (Å²) in [7, 11) is 0. The fourth-order valence-electron chi connectivity index (χ4n) is 3.93. The molecule has 5 heteroatoms. The second-order valence-corrected chi connectivity index (χ2v) is 7.55. The van der Waals surface area contributed by atoms with Gasteiger partial charge in [-0.15, -0.1) is 0 Å². The molecule has 4 rings (SSSR count). The van der Waals surface area contributed by atoms with Crippen LogP contribution in [0.15, 0.2) is 52.2 Å². The summed E-state index contributed by atoms with van der Waals surface area (Å²) in [5.74, 6) is 0.839. The lowest BCUT2D eigenvalue weighted by Gasteiger charge is -2.27. The average Bonchev–Trinajstić information content (AvgIpc) is 3.37. The van der Waals surface area contributed by atoms with E-state index in [1.807, 2.05) is 12.1 Å². The molecule has 0 saturated carbocycles. The standard InChI is InChI=1S/C22H27N3O2/c1-17-7-9-18(10-8-17)20-16-19(21-6-5-15-27-21)23-25(20)22(26)11-14-24-12-3-2-4-13-24/h5-10,15,20H,2-4,11-14,16H2,1H3. The van der Waals surface area contributed by atoms with Gasteiger partial charge < -0.3 is 9.32 Å². The van der Waals surface area contributed by atoms with E-state index in [9.17, 15) is 4.79 Å². The van der Waals surface area contributed by atoms with Crippen LogP contribution in [-0.4, -0.2) is 41.2 Å². The lowest BCUT2D eigenvalue weighted by atomic mass is 9.99. The van der Waals surface area contributed by atoms with E-state index in [2.05, 4.69) is 41.2 Å². The molecule has 1 aromatic heterocycles. The normalized spacial score (nSPS) is 20.7. The number of hydrogen-bond donors (Lipinski definition) is 0. The third kappa shape index (κ3) is 4.14. The van der Waals surface area contributed by atoms with Gasteiger partial charge in [-0.3, -0.25) is 4.79 Å². The zero-order chi connectivity index (χ0) is 18.6. The van der Waals surface area contributed by atoms with Gasteiger partial charge in [0.1, 0.15) is 11.5 Å². The number of aryl methyl sites for hydroxylation is 1. The lowest BCUT2D eigenvalue weighted by Crippen LogP contribution is -2.35. The topological polar surface area (TPSA) is 49.1 Å². The molecule has 2 aliphatic rings. The summed E-state index contributed by atoms with van der Waals surface area (Å²) in [5, 5.41) is 6.35. The summed E-state index contributed by atoms with van der Waals surface area (Å²) in [4.78, 5) is 15.4. The van der Waals surface area contributed by atoms with Gasteiger partial charge in [-0.1, -0.05) is 36.2 Å². The predicted octanol–water partition coefficient (Wildman–Crippen LogP) is 4.14. The molecule has 5 nitrogen and oxygen atoms in total. The van der Waals surface area contributed by atoms with Crippen molar-refractivity contribution in [3.8, 4) is 0 Å². The Morgan fingerprint density at radius 2 is 1.93 bits per heavy atom. The van der Waals surface area contributed by atoms with Gasteiger partial charge in [0.2, 0.25) is 5.91 Å². The molecule has 1 fully saturated rings. The molecular weight excluding hydrogens is 338 g/mol. The molecular formula is C22H27N3O2. The Morgan fingerprint density at radius 3 is 2.63 bits per heavy atom. The summed E-state index contributed by atoms with van der Waals surface area (Å²) in [6.45, 7) is 5.11. The zero-order valence-electron chi connectivity index (χ0n) is 15.9. The van der Waals surface area contributed by atoms with Crippen molar-refractivity contribution in [1.29, 1.82) is 0 Å². The summed E-state index contributed by atoms with van der Waals surface area (Å²) in [6, 6.07) is 12.1. The Bertz CT molecular complexity index is 789. The number of benzene rings is 1. The number of piperidine rings is 1. The van der Waals surface area contributed by atoms with Crippen LogP contribution in [0.25, 0.3) is 0 Å². The van der Waals surface area contributed by atoms with E-state index in [-0.39, 0.29) is 11.9 Å². The summed E-state index contributed by atoms with van der Waals surface area (Å²) in [6.07, 6.45) is 6.64. The van der Waals surface area contributed by atoms with Crippen LogP contribution in [-0.2, 0) is 4.79 Å². The molecule has 1 amide bonds. The van der Waals surface area contributed by atoms with Crippen LogP contribution in [0.5, 0.6) is 0 Å². The Labute approximate surface area is 160 Å². The minimum absolute atomic E-state index is 0.0560. The van der Waals surface area contributed by atoms with Crippen LogP contribution in [0, 0.1) is 6.92 Å². The van der Waals surface area contributed by atoms with Crippen molar-refractivity contribution in [3.05, 3.63) is 59.5 Å².